The molecule has 3 aromatic carbocycles. The van der Waals surface area contributed by atoms with E-state index in [2.05, 4.69) is 84.7 Å². The molecule has 0 radical (unpaired) electrons. The summed E-state index contributed by atoms with van der Waals surface area (Å²) in [7, 11) is 0. The van der Waals surface area contributed by atoms with Crippen LogP contribution in [-0.4, -0.2) is 19.5 Å². The van der Waals surface area contributed by atoms with Crippen LogP contribution in [0.5, 0.6) is 0 Å². The van der Waals surface area contributed by atoms with E-state index in [0.29, 0.717) is 17.5 Å². The van der Waals surface area contributed by atoms with Crippen molar-refractivity contribution in [2.45, 2.75) is 39.5 Å². The van der Waals surface area contributed by atoms with Crippen molar-refractivity contribution in [3.05, 3.63) is 84.3 Å². The van der Waals surface area contributed by atoms with Crippen LogP contribution in [0, 0.1) is 0 Å². The molecule has 0 saturated carbocycles. The molecule has 0 amide bonds. The SMILES string of the molecule is CC(C)c1cccc(C(C)C)c1-n1c(-c2cccc3c2oc2ccccc23)nc2ncncc21. The zero-order valence-corrected chi connectivity index (χ0v) is 19.8. The topological polar surface area (TPSA) is 56.7 Å². The van der Waals surface area contributed by atoms with Crippen molar-refractivity contribution in [2.24, 2.45) is 0 Å². The van der Waals surface area contributed by atoms with Gasteiger partial charge in [0.25, 0.3) is 0 Å². The molecule has 6 rings (SSSR count). The number of furan rings is 1. The fourth-order valence-electron chi connectivity index (χ4n) is 4.92. The predicted octanol–water partition coefficient (Wildman–Crippen LogP) is 7.63. The second kappa shape index (κ2) is 7.80. The van der Waals surface area contributed by atoms with Crippen LogP contribution < -0.4 is 0 Å². The first-order valence-electron chi connectivity index (χ1n) is 11.8. The molecule has 168 valence electrons. The summed E-state index contributed by atoms with van der Waals surface area (Å²) >= 11 is 0. The number of hydrogen-bond acceptors (Lipinski definition) is 4. The van der Waals surface area contributed by atoms with Gasteiger partial charge in [-0.1, -0.05) is 76.2 Å². The van der Waals surface area contributed by atoms with Crippen LogP contribution in [0.2, 0.25) is 0 Å². The summed E-state index contributed by atoms with van der Waals surface area (Å²) in [6, 6.07) is 21.0. The van der Waals surface area contributed by atoms with E-state index in [9.17, 15) is 0 Å². The van der Waals surface area contributed by atoms with Gasteiger partial charge in [0.1, 0.15) is 23.0 Å². The van der Waals surface area contributed by atoms with Crippen LogP contribution in [-0.2, 0) is 0 Å². The van der Waals surface area contributed by atoms with Crippen molar-refractivity contribution in [3.8, 4) is 17.1 Å². The Morgan fingerprint density at radius 1 is 0.794 bits per heavy atom. The summed E-state index contributed by atoms with van der Waals surface area (Å²) in [5.41, 5.74) is 7.92. The van der Waals surface area contributed by atoms with Crippen LogP contribution in [0.3, 0.4) is 0 Å². The zero-order valence-electron chi connectivity index (χ0n) is 19.8. The van der Waals surface area contributed by atoms with E-state index in [-0.39, 0.29) is 0 Å². The van der Waals surface area contributed by atoms with Crippen molar-refractivity contribution in [1.82, 2.24) is 19.5 Å². The van der Waals surface area contributed by atoms with Gasteiger partial charge in [-0.05, 0) is 35.1 Å². The number of imidazole rings is 1. The van der Waals surface area contributed by atoms with Crippen molar-refractivity contribution < 1.29 is 4.42 Å². The molecule has 5 heteroatoms. The largest absolute Gasteiger partial charge is 0.455 e. The van der Waals surface area contributed by atoms with Crippen molar-refractivity contribution in [3.63, 3.8) is 0 Å². The number of nitrogens with zero attached hydrogens (tertiary/aromatic N) is 4. The molecule has 0 unspecified atom stereocenters. The lowest BCUT2D eigenvalue weighted by Crippen LogP contribution is -2.08. The third-order valence-electron chi connectivity index (χ3n) is 6.55. The Morgan fingerprint density at radius 3 is 2.26 bits per heavy atom. The molecule has 0 atom stereocenters. The predicted molar refractivity (Wildman–Crippen MR) is 138 cm³/mol. The Hall–Kier alpha value is -3.99. The van der Waals surface area contributed by atoms with Gasteiger partial charge in [-0.15, -0.1) is 0 Å². The number of para-hydroxylation sites is 3. The molecule has 0 aliphatic heterocycles. The quantitative estimate of drug-likeness (QED) is 0.279. The molecule has 0 N–H and O–H groups in total. The number of hydrogen-bond donors (Lipinski definition) is 0. The Labute approximate surface area is 198 Å². The molecule has 3 heterocycles. The Kier molecular flexibility index (Phi) is 4.73. The van der Waals surface area contributed by atoms with Gasteiger partial charge >= 0.3 is 0 Å². The van der Waals surface area contributed by atoms with Gasteiger partial charge in [0.2, 0.25) is 0 Å². The lowest BCUT2D eigenvalue weighted by atomic mass is 9.92. The van der Waals surface area contributed by atoms with E-state index in [4.69, 9.17) is 9.40 Å². The van der Waals surface area contributed by atoms with Crippen molar-refractivity contribution in [1.29, 1.82) is 0 Å². The van der Waals surface area contributed by atoms with Gasteiger partial charge in [0.05, 0.1) is 17.4 Å². The molecule has 34 heavy (non-hydrogen) atoms. The highest BCUT2D eigenvalue weighted by Gasteiger charge is 2.24. The minimum Gasteiger partial charge on any atom is -0.455 e. The maximum atomic E-state index is 6.39. The fraction of sp³-hybridized carbons (Fsp3) is 0.207. The smallest absolute Gasteiger partial charge is 0.181 e. The highest BCUT2D eigenvalue weighted by Crippen LogP contribution is 2.40. The number of aromatic nitrogens is 4. The second-order valence-corrected chi connectivity index (χ2v) is 9.38. The number of fused-ring (bicyclic) bond motifs is 4. The lowest BCUT2D eigenvalue weighted by Gasteiger charge is -2.22. The van der Waals surface area contributed by atoms with Crippen LogP contribution in [0.4, 0.5) is 0 Å². The van der Waals surface area contributed by atoms with Gasteiger partial charge in [-0.2, -0.15) is 0 Å². The van der Waals surface area contributed by atoms with Crippen LogP contribution in [0.15, 0.2) is 77.6 Å². The minimum atomic E-state index is 0.339. The molecule has 0 saturated heterocycles. The molecule has 6 aromatic rings. The molecule has 0 aliphatic rings. The molecule has 3 aromatic heterocycles. The zero-order chi connectivity index (χ0) is 23.4. The Balaban J connectivity index is 1.77. The minimum absolute atomic E-state index is 0.339. The Morgan fingerprint density at radius 2 is 1.50 bits per heavy atom. The normalized spacial score (nSPS) is 12.1. The standard InChI is InChI=1S/C29H26N4O/c1-17(2)19-10-7-11-20(18(3)4)26(19)33-24-15-30-16-31-28(24)32-29(33)23-13-8-12-22-21-9-5-6-14-25(21)34-27(22)23/h5-18H,1-4H3. The van der Waals surface area contributed by atoms with Gasteiger partial charge in [-0.3, -0.25) is 4.57 Å². The first-order chi connectivity index (χ1) is 16.5. The summed E-state index contributed by atoms with van der Waals surface area (Å²) in [5.74, 6) is 1.49. The maximum Gasteiger partial charge on any atom is 0.181 e. The first kappa shape index (κ1) is 20.6. The van der Waals surface area contributed by atoms with E-state index in [1.165, 1.54) is 11.1 Å². The summed E-state index contributed by atoms with van der Waals surface area (Å²) in [6.45, 7) is 8.94. The van der Waals surface area contributed by atoms with Crippen molar-refractivity contribution in [2.75, 3.05) is 0 Å². The molecule has 5 nitrogen and oxygen atoms in total. The summed E-state index contributed by atoms with van der Waals surface area (Å²) < 4.78 is 8.63. The second-order valence-electron chi connectivity index (χ2n) is 9.38. The van der Waals surface area contributed by atoms with Crippen LogP contribution in [0.25, 0.3) is 50.2 Å². The van der Waals surface area contributed by atoms with Crippen LogP contribution >= 0.6 is 0 Å². The molecule has 0 aliphatic carbocycles. The lowest BCUT2D eigenvalue weighted by molar-refractivity contribution is 0.669. The van der Waals surface area contributed by atoms with E-state index in [1.54, 1.807) is 6.33 Å². The van der Waals surface area contributed by atoms with Crippen LogP contribution in [0.1, 0.15) is 50.7 Å². The molecular formula is C29H26N4O. The van der Waals surface area contributed by atoms with Gasteiger partial charge < -0.3 is 4.42 Å². The molecule has 0 bridgehead atoms. The van der Waals surface area contributed by atoms with E-state index in [1.807, 2.05) is 24.4 Å². The van der Waals surface area contributed by atoms with E-state index in [0.717, 1.165) is 44.5 Å². The summed E-state index contributed by atoms with van der Waals surface area (Å²) in [5, 5.41) is 2.19. The Bertz CT molecular complexity index is 1650. The third kappa shape index (κ3) is 3.04. The van der Waals surface area contributed by atoms with E-state index < -0.39 is 0 Å². The maximum absolute atomic E-state index is 6.39. The molecular weight excluding hydrogens is 420 g/mol. The van der Waals surface area contributed by atoms with E-state index >= 15 is 0 Å². The first-order valence-corrected chi connectivity index (χ1v) is 11.8. The monoisotopic (exact) mass is 446 g/mol. The molecule has 0 fully saturated rings. The highest BCUT2D eigenvalue weighted by atomic mass is 16.3. The summed E-state index contributed by atoms with van der Waals surface area (Å²) in [6.07, 6.45) is 3.42. The average Bonchev–Trinajstić information content (AvgIpc) is 3.42. The van der Waals surface area contributed by atoms with Gasteiger partial charge in [0.15, 0.2) is 11.5 Å². The average molecular weight is 447 g/mol. The van der Waals surface area contributed by atoms with Crippen molar-refractivity contribution >= 4 is 33.1 Å². The highest BCUT2D eigenvalue weighted by molar-refractivity contribution is 6.09. The van der Waals surface area contributed by atoms with Gasteiger partial charge in [0, 0.05) is 10.8 Å². The number of benzene rings is 3. The summed E-state index contributed by atoms with van der Waals surface area (Å²) in [4.78, 5) is 13.9. The van der Waals surface area contributed by atoms with Gasteiger partial charge in [-0.25, -0.2) is 15.0 Å². The fourth-order valence-corrected chi connectivity index (χ4v) is 4.92. The number of rotatable bonds is 4. The third-order valence-corrected chi connectivity index (χ3v) is 6.55. The molecule has 0 spiro atoms.